The Morgan fingerprint density at radius 2 is 1.21 bits per heavy atom. The molecule has 0 heterocycles. The number of rotatable bonds is 16. The minimum Gasteiger partial charge on any atom is -0.460 e. The molecule has 0 fully saturated rings. The predicted molar refractivity (Wildman–Crippen MR) is 122 cm³/mol. The van der Waals surface area contributed by atoms with E-state index in [1.165, 1.54) is 6.08 Å². The minimum absolute atomic E-state index is 0.0738. The van der Waals surface area contributed by atoms with E-state index in [1.54, 1.807) is 6.92 Å². The van der Waals surface area contributed by atoms with E-state index in [9.17, 15) is 29.1 Å². The summed E-state index contributed by atoms with van der Waals surface area (Å²) < 4.78 is 15.1. The Labute approximate surface area is 197 Å². The molecule has 0 aromatic rings. The van der Waals surface area contributed by atoms with Crippen LogP contribution < -0.4 is 10.6 Å². The predicted octanol–water partition coefficient (Wildman–Crippen LogP) is 0.0285. The highest BCUT2D eigenvalue weighted by Crippen LogP contribution is 2.12. The van der Waals surface area contributed by atoms with Crippen LogP contribution in [0.5, 0.6) is 0 Å². The lowest BCUT2D eigenvalue weighted by atomic mass is 9.98. The standard InChI is InChI=1S/C23H30N2O9/c1-6-17(27)24-22(5,13-26)12-10-11-21(31)34-16-23(25-18(28)7-2,14-32-19(29)8-3)15-33-20(30)9-4/h6-11,26H,1-4,12-16H2,5H3,(H,24,27)(H,25,28)/b11-10-. The first kappa shape index (κ1) is 30.0. The second kappa shape index (κ2) is 15.0. The maximum absolute atomic E-state index is 12.2. The summed E-state index contributed by atoms with van der Waals surface area (Å²) in [4.78, 5) is 58.8. The van der Waals surface area contributed by atoms with Crippen molar-refractivity contribution in [1.29, 1.82) is 0 Å². The summed E-state index contributed by atoms with van der Waals surface area (Å²) in [5.74, 6) is -3.74. The van der Waals surface area contributed by atoms with Crippen LogP contribution in [0.1, 0.15) is 13.3 Å². The largest absolute Gasteiger partial charge is 0.460 e. The second-order valence-electron chi connectivity index (χ2n) is 7.22. The molecular formula is C23H30N2O9. The van der Waals surface area contributed by atoms with Crippen molar-refractivity contribution in [3.63, 3.8) is 0 Å². The molecule has 0 aliphatic heterocycles. The van der Waals surface area contributed by atoms with Crippen molar-refractivity contribution in [2.45, 2.75) is 24.4 Å². The lowest BCUT2D eigenvalue weighted by Gasteiger charge is -2.32. The number of esters is 3. The topological polar surface area (TPSA) is 157 Å². The molecule has 3 N–H and O–H groups in total. The normalized spacial score (nSPS) is 12.4. The van der Waals surface area contributed by atoms with Crippen LogP contribution in [0.25, 0.3) is 0 Å². The summed E-state index contributed by atoms with van der Waals surface area (Å²) in [6.07, 6.45) is 6.21. The van der Waals surface area contributed by atoms with Gasteiger partial charge in [-0.1, -0.05) is 32.4 Å². The molecule has 0 rings (SSSR count). The fourth-order valence-corrected chi connectivity index (χ4v) is 2.26. The molecule has 0 saturated heterocycles. The van der Waals surface area contributed by atoms with Crippen LogP contribution in [0.2, 0.25) is 0 Å². The first-order valence-corrected chi connectivity index (χ1v) is 9.90. The van der Waals surface area contributed by atoms with Crippen molar-refractivity contribution in [3.05, 3.63) is 62.8 Å². The average Bonchev–Trinajstić information content (AvgIpc) is 2.83. The van der Waals surface area contributed by atoms with Gasteiger partial charge in [0, 0.05) is 18.2 Å². The highest BCUT2D eigenvalue weighted by Gasteiger charge is 2.37. The average molecular weight is 478 g/mol. The van der Waals surface area contributed by atoms with Crippen LogP contribution in [-0.2, 0) is 38.2 Å². The summed E-state index contributed by atoms with van der Waals surface area (Å²) in [6.45, 7) is 12.7. The molecular weight excluding hydrogens is 448 g/mol. The maximum Gasteiger partial charge on any atom is 0.330 e. The lowest BCUT2D eigenvalue weighted by Crippen LogP contribution is -2.59. The Morgan fingerprint density at radius 1 is 0.765 bits per heavy atom. The molecule has 1 atom stereocenters. The number of aliphatic hydroxyl groups is 1. The quantitative estimate of drug-likeness (QED) is 0.158. The third-order valence-electron chi connectivity index (χ3n) is 4.16. The van der Waals surface area contributed by atoms with Gasteiger partial charge in [-0.25, -0.2) is 14.4 Å². The number of aliphatic hydroxyl groups excluding tert-OH is 1. The van der Waals surface area contributed by atoms with Gasteiger partial charge in [0.2, 0.25) is 11.8 Å². The van der Waals surface area contributed by atoms with E-state index < -0.39 is 67.2 Å². The monoisotopic (exact) mass is 478 g/mol. The fourth-order valence-electron chi connectivity index (χ4n) is 2.26. The zero-order valence-corrected chi connectivity index (χ0v) is 19.0. The van der Waals surface area contributed by atoms with Crippen molar-refractivity contribution in [1.82, 2.24) is 10.6 Å². The number of carbonyl (C=O) groups excluding carboxylic acids is 5. The molecule has 11 heteroatoms. The third-order valence-corrected chi connectivity index (χ3v) is 4.16. The van der Waals surface area contributed by atoms with Crippen molar-refractivity contribution >= 4 is 29.7 Å². The number of nitrogens with one attached hydrogen (secondary N) is 2. The molecule has 0 aromatic carbocycles. The smallest absolute Gasteiger partial charge is 0.330 e. The van der Waals surface area contributed by atoms with Crippen LogP contribution in [-0.4, -0.2) is 72.3 Å². The number of hydrogen-bond donors (Lipinski definition) is 3. The van der Waals surface area contributed by atoms with Gasteiger partial charge < -0.3 is 30.0 Å². The molecule has 0 saturated carbocycles. The maximum atomic E-state index is 12.2. The summed E-state index contributed by atoms with van der Waals surface area (Å²) in [6, 6.07) is 0. The summed E-state index contributed by atoms with van der Waals surface area (Å²) in [7, 11) is 0. The molecule has 11 nitrogen and oxygen atoms in total. The van der Waals surface area contributed by atoms with Crippen LogP contribution in [0, 0.1) is 0 Å². The molecule has 1 unspecified atom stereocenters. The van der Waals surface area contributed by atoms with Crippen LogP contribution in [0.3, 0.4) is 0 Å². The van der Waals surface area contributed by atoms with E-state index in [-0.39, 0.29) is 6.42 Å². The van der Waals surface area contributed by atoms with E-state index in [4.69, 9.17) is 14.2 Å². The zero-order chi connectivity index (χ0) is 26.2. The van der Waals surface area contributed by atoms with E-state index in [1.807, 2.05) is 0 Å². The molecule has 0 radical (unpaired) electrons. The van der Waals surface area contributed by atoms with Gasteiger partial charge in [-0.3, -0.25) is 9.59 Å². The van der Waals surface area contributed by atoms with Gasteiger partial charge in [-0.05, 0) is 25.5 Å². The van der Waals surface area contributed by atoms with Gasteiger partial charge in [0.15, 0.2) is 0 Å². The summed E-state index contributed by atoms with van der Waals surface area (Å²) in [5, 5.41) is 14.5. The fraction of sp³-hybridized carbons (Fsp3) is 0.348. The minimum atomic E-state index is -1.65. The SMILES string of the molecule is C=CC(=O)NC(C)(CO)C/C=C\C(=O)OCC(COC(=O)C=C)(COC(=O)C=C)NC(=O)C=C. The lowest BCUT2D eigenvalue weighted by molar-refractivity contribution is -0.152. The van der Waals surface area contributed by atoms with Gasteiger partial charge in [0.25, 0.3) is 0 Å². The Bertz CT molecular complexity index is 823. The van der Waals surface area contributed by atoms with E-state index in [2.05, 4.69) is 36.9 Å². The summed E-state index contributed by atoms with van der Waals surface area (Å²) in [5.41, 5.74) is -2.70. The van der Waals surface area contributed by atoms with Crippen molar-refractivity contribution in [2.24, 2.45) is 0 Å². The Balaban J connectivity index is 5.48. The van der Waals surface area contributed by atoms with Crippen LogP contribution in [0.4, 0.5) is 0 Å². The zero-order valence-electron chi connectivity index (χ0n) is 19.0. The molecule has 34 heavy (non-hydrogen) atoms. The number of hydrogen-bond acceptors (Lipinski definition) is 9. The molecule has 0 spiro atoms. The highest BCUT2D eigenvalue weighted by atomic mass is 16.6. The number of amides is 2. The molecule has 0 bridgehead atoms. The number of ether oxygens (including phenoxy) is 3. The van der Waals surface area contributed by atoms with Gasteiger partial charge in [0.1, 0.15) is 25.4 Å². The van der Waals surface area contributed by atoms with Gasteiger partial charge in [-0.15, -0.1) is 0 Å². The Hall–Kier alpha value is -3.99. The highest BCUT2D eigenvalue weighted by molar-refractivity contribution is 5.88. The van der Waals surface area contributed by atoms with Crippen LogP contribution in [0.15, 0.2) is 62.8 Å². The third kappa shape index (κ3) is 11.6. The van der Waals surface area contributed by atoms with Crippen molar-refractivity contribution in [2.75, 3.05) is 26.4 Å². The number of carbonyl (C=O) groups is 5. The van der Waals surface area contributed by atoms with E-state index in [0.717, 1.165) is 30.4 Å². The van der Waals surface area contributed by atoms with Gasteiger partial charge >= 0.3 is 17.9 Å². The Morgan fingerprint density at radius 3 is 1.62 bits per heavy atom. The van der Waals surface area contributed by atoms with Crippen molar-refractivity contribution in [3.8, 4) is 0 Å². The second-order valence-corrected chi connectivity index (χ2v) is 7.22. The summed E-state index contributed by atoms with van der Waals surface area (Å²) >= 11 is 0. The van der Waals surface area contributed by atoms with Gasteiger partial charge in [0.05, 0.1) is 12.1 Å². The van der Waals surface area contributed by atoms with E-state index in [0.29, 0.717) is 0 Å². The van der Waals surface area contributed by atoms with Gasteiger partial charge in [-0.2, -0.15) is 0 Å². The first-order chi connectivity index (χ1) is 16.0. The Kier molecular flexibility index (Phi) is 13.2. The molecule has 2 amide bonds. The molecule has 0 aliphatic rings. The molecule has 0 aliphatic carbocycles. The first-order valence-electron chi connectivity index (χ1n) is 9.90. The van der Waals surface area contributed by atoms with Crippen LogP contribution >= 0.6 is 0 Å². The van der Waals surface area contributed by atoms with Crippen molar-refractivity contribution < 1.29 is 43.3 Å². The van der Waals surface area contributed by atoms with E-state index >= 15 is 0 Å². The molecule has 186 valence electrons. The molecule has 0 aromatic heterocycles.